The molecule has 0 atom stereocenters. The van der Waals surface area contributed by atoms with E-state index in [-0.39, 0.29) is 0 Å². The number of imidazole rings is 1. The molecule has 18 heavy (non-hydrogen) atoms. The summed E-state index contributed by atoms with van der Waals surface area (Å²) in [5.41, 5.74) is 9.08. The standard InChI is InChI=1S/C13H21N5/c1-6-11-15-12(13(14)18(11)8(2)3)10-7-17(5)16-9(10)4/h7-8H,6,14H2,1-5H3. The van der Waals surface area contributed by atoms with E-state index in [2.05, 4.69) is 35.4 Å². The van der Waals surface area contributed by atoms with Crippen molar-refractivity contribution in [2.45, 2.75) is 40.2 Å². The number of nitrogens with two attached hydrogens (primary N) is 1. The van der Waals surface area contributed by atoms with Crippen molar-refractivity contribution in [3.63, 3.8) is 0 Å². The van der Waals surface area contributed by atoms with Crippen LogP contribution in [0.1, 0.15) is 38.3 Å². The van der Waals surface area contributed by atoms with Gasteiger partial charge in [0.15, 0.2) is 0 Å². The van der Waals surface area contributed by atoms with Crippen LogP contribution >= 0.6 is 0 Å². The molecule has 0 aliphatic rings. The Morgan fingerprint density at radius 1 is 1.39 bits per heavy atom. The Bertz CT molecular complexity index is 562. The molecule has 0 fully saturated rings. The second kappa shape index (κ2) is 4.48. The lowest BCUT2D eigenvalue weighted by molar-refractivity contribution is 0.579. The fourth-order valence-electron chi connectivity index (χ4n) is 2.35. The van der Waals surface area contributed by atoms with Gasteiger partial charge in [-0.05, 0) is 20.8 Å². The van der Waals surface area contributed by atoms with Crippen LogP contribution in [-0.4, -0.2) is 19.3 Å². The summed E-state index contributed by atoms with van der Waals surface area (Å²) in [5, 5.41) is 4.35. The van der Waals surface area contributed by atoms with Crippen LogP contribution in [0.25, 0.3) is 11.3 Å². The van der Waals surface area contributed by atoms with Gasteiger partial charge in [-0.25, -0.2) is 4.98 Å². The summed E-state index contributed by atoms with van der Waals surface area (Å²) >= 11 is 0. The number of anilines is 1. The van der Waals surface area contributed by atoms with Crippen LogP contribution in [0.5, 0.6) is 0 Å². The van der Waals surface area contributed by atoms with Crippen molar-refractivity contribution in [2.75, 3.05) is 5.73 Å². The van der Waals surface area contributed by atoms with Crippen molar-refractivity contribution < 1.29 is 0 Å². The smallest absolute Gasteiger partial charge is 0.132 e. The fourth-order valence-corrected chi connectivity index (χ4v) is 2.35. The van der Waals surface area contributed by atoms with Gasteiger partial charge < -0.3 is 10.3 Å². The van der Waals surface area contributed by atoms with E-state index < -0.39 is 0 Å². The Morgan fingerprint density at radius 3 is 2.44 bits per heavy atom. The first-order valence-corrected chi connectivity index (χ1v) is 6.32. The Hall–Kier alpha value is -1.78. The molecule has 2 rings (SSSR count). The summed E-state index contributed by atoms with van der Waals surface area (Å²) in [7, 11) is 1.91. The van der Waals surface area contributed by atoms with E-state index in [0.29, 0.717) is 6.04 Å². The summed E-state index contributed by atoms with van der Waals surface area (Å²) < 4.78 is 3.89. The zero-order chi connectivity index (χ0) is 13.4. The highest BCUT2D eigenvalue weighted by molar-refractivity contribution is 5.72. The number of nitrogens with zero attached hydrogens (tertiary/aromatic N) is 4. The third-order valence-corrected chi connectivity index (χ3v) is 3.12. The number of aromatic nitrogens is 4. The molecule has 0 bridgehead atoms. The quantitative estimate of drug-likeness (QED) is 0.905. The van der Waals surface area contributed by atoms with E-state index >= 15 is 0 Å². The molecule has 98 valence electrons. The molecule has 0 unspecified atom stereocenters. The number of hydrogen-bond donors (Lipinski definition) is 1. The molecule has 0 saturated carbocycles. The Labute approximate surface area is 108 Å². The van der Waals surface area contributed by atoms with Crippen LogP contribution in [0.15, 0.2) is 6.20 Å². The molecule has 0 spiro atoms. The lowest BCUT2D eigenvalue weighted by atomic mass is 10.2. The van der Waals surface area contributed by atoms with E-state index in [1.54, 1.807) is 4.68 Å². The molecule has 0 saturated heterocycles. The molecule has 5 nitrogen and oxygen atoms in total. The lowest BCUT2D eigenvalue weighted by Gasteiger charge is -2.12. The van der Waals surface area contributed by atoms with Gasteiger partial charge in [0.05, 0.1) is 5.69 Å². The summed E-state index contributed by atoms with van der Waals surface area (Å²) in [6.07, 6.45) is 2.85. The Balaban J connectivity index is 2.62. The SMILES string of the molecule is CCc1nc(-c2cn(C)nc2C)c(N)n1C(C)C. The maximum absolute atomic E-state index is 6.25. The second-order valence-electron chi connectivity index (χ2n) is 4.88. The second-order valence-corrected chi connectivity index (χ2v) is 4.88. The van der Waals surface area contributed by atoms with E-state index in [1.807, 2.05) is 20.2 Å². The molecule has 0 aliphatic carbocycles. The van der Waals surface area contributed by atoms with Gasteiger partial charge in [0.2, 0.25) is 0 Å². The number of aryl methyl sites for hydroxylation is 3. The van der Waals surface area contributed by atoms with E-state index in [0.717, 1.165) is 35.0 Å². The molecule has 2 aromatic rings. The zero-order valence-corrected chi connectivity index (χ0v) is 11.7. The molecule has 0 amide bonds. The highest BCUT2D eigenvalue weighted by Crippen LogP contribution is 2.30. The predicted octanol–water partition coefficient (Wildman–Crippen LogP) is 2.32. The fraction of sp³-hybridized carbons (Fsp3) is 0.538. The van der Waals surface area contributed by atoms with Crippen molar-refractivity contribution in [1.29, 1.82) is 0 Å². The van der Waals surface area contributed by atoms with Gasteiger partial charge in [-0.2, -0.15) is 5.10 Å². The topological polar surface area (TPSA) is 61.7 Å². The van der Waals surface area contributed by atoms with Crippen molar-refractivity contribution in [3.05, 3.63) is 17.7 Å². The highest BCUT2D eigenvalue weighted by atomic mass is 15.3. The van der Waals surface area contributed by atoms with Gasteiger partial charge in [0.25, 0.3) is 0 Å². The largest absolute Gasteiger partial charge is 0.383 e. The maximum Gasteiger partial charge on any atom is 0.132 e. The van der Waals surface area contributed by atoms with Crippen molar-refractivity contribution in [1.82, 2.24) is 19.3 Å². The first kappa shape index (κ1) is 12.7. The van der Waals surface area contributed by atoms with E-state index in [9.17, 15) is 0 Å². The summed E-state index contributed by atoms with van der Waals surface area (Å²) in [6, 6.07) is 0.318. The van der Waals surface area contributed by atoms with Crippen molar-refractivity contribution in [3.8, 4) is 11.3 Å². The van der Waals surface area contributed by atoms with E-state index in [4.69, 9.17) is 5.73 Å². The molecule has 0 aromatic carbocycles. The van der Waals surface area contributed by atoms with Gasteiger partial charge in [-0.15, -0.1) is 0 Å². The third-order valence-electron chi connectivity index (χ3n) is 3.12. The van der Waals surface area contributed by atoms with Crippen LogP contribution in [0.3, 0.4) is 0 Å². The lowest BCUT2D eigenvalue weighted by Crippen LogP contribution is -2.08. The number of hydrogen-bond acceptors (Lipinski definition) is 3. The third kappa shape index (κ3) is 1.89. The molecule has 0 radical (unpaired) electrons. The van der Waals surface area contributed by atoms with Crippen LogP contribution in [0.4, 0.5) is 5.82 Å². The van der Waals surface area contributed by atoms with Crippen LogP contribution in [-0.2, 0) is 13.5 Å². The molecule has 2 heterocycles. The van der Waals surface area contributed by atoms with E-state index in [1.165, 1.54) is 0 Å². The number of rotatable bonds is 3. The maximum atomic E-state index is 6.25. The van der Waals surface area contributed by atoms with Gasteiger partial charge in [0, 0.05) is 31.3 Å². The molecule has 5 heteroatoms. The summed E-state index contributed by atoms with van der Waals surface area (Å²) in [4.78, 5) is 4.68. The molecular formula is C13H21N5. The van der Waals surface area contributed by atoms with Gasteiger partial charge in [-0.1, -0.05) is 6.92 Å². The zero-order valence-electron chi connectivity index (χ0n) is 11.7. The molecule has 2 N–H and O–H groups in total. The summed E-state index contributed by atoms with van der Waals surface area (Å²) in [5.74, 6) is 1.76. The minimum Gasteiger partial charge on any atom is -0.383 e. The molecular weight excluding hydrogens is 226 g/mol. The first-order chi connectivity index (χ1) is 8.45. The van der Waals surface area contributed by atoms with Crippen LogP contribution in [0.2, 0.25) is 0 Å². The normalized spacial score (nSPS) is 11.4. The molecule has 0 aliphatic heterocycles. The van der Waals surface area contributed by atoms with Gasteiger partial charge in [0.1, 0.15) is 17.3 Å². The average molecular weight is 247 g/mol. The minimum absolute atomic E-state index is 0.318. The minimum atomic E-state index is 0.318. The average Bonchev–Trinajstić information content (AvgIpc) is 2.78. The van der Waals surface area contributed by atoms with Crippen molar-refractivity contribution in [2.24, 2.45) is 7.05 Å². The highest BCUT2D eigenvalue weighted by Gasteiger charge is 2.19. The first-order valence-electron chi connectivity index (χ1n) is 6.32. The Kier molecular flexibility index (Phi) is 3.15. The summed E-state index contributed by atoms with van der Waals surface area (Å²) in [6.45, 7) is 8.32. The van der Waals surface area contributed by atoms with Gasteiger partial charge >= 0.3 is 0 Å². The monoisotopic (exact) mass is 247 g/mol. The predicted molar refractivity (Wildman–Crippen MR) is 73.3 cm³/mol. The number of nitrogen functional groups attached to an aromatic ring is 1. The van der Waals surface area contributed by atoms with Crippen molar-refractivity contribution >= 4 is 5.82 Å². The van der Waals surface area contributed by atoms with Gasteiger partial charge in [-0.3, -0.25) is 4.68 Å². The molecule has 2 aromatic heterocycles. The van der Waals surface area contributed by atoms with Crippen LogP contribution in [0, 0.1) is 6.92 Å². The van der Waals surface area contributed by atoms with Crippen LogP contribution < -0.4 is 5.73 Å². The Morgan fingerprint density at radius 2 is 2.06 bits per heavy atom.